The Bertz CT molecular complexity index is 954. The number of rotatable bonds is 7. The van der Waals surface area contributed by atoms with Gasteiger partial charge in [-0.15, -0.1) is 16.8 Å². The zero-order valence-corrected chi connectivity index (χ0v) is 17.4. The standard InChI is InChI=1S/C23H25N3OS/c1-5-15-26-21(18-11-13-19(14-12-18)23(2,3)4)24-25-22(26)28-16-20(27)17-9-7-6-8-10-17/h5-14H,1,15-16H2,2-4H3. The van der Waals surface area contributed by atoms with Crippen LogP contribution < -0.4 is 0 Å². The highest BCUT2D eigenvalue weighted by atomic mass is 32.2. The lowest BCUT2D eigenvalue weighted by Crippen LogP contribution is -2.10. The average Bonchev–Trinajstić information content (AvgIpc) is 3.09. The summed E-state index contributed by atoms with van der Waals surface area (Å²) in [6.45, 7) is 11.0. The SMILES string of the molecule is C=CCn1c(SCC(=O)c2ccccc2)nnc1-c1ccc(C(C)(C)C)cc1. The van der Waals surface area contributed by atoms with E-state index in [1.165, 1.54) is 17.3 Å². The normalized spacial score (nSPS) is 11.4. The molecule has 0 fully saturated rings. The summed E-state index contributed by atoms with van der Waals surface area (Å²) in [6, 6.07) is 17.7. The van der Waals surface area contributed by atoms with Gasteiger partial charge in [0.25, 0.3) is 0 Å². The number of aromatic nitrogens is 3. The van der Waals surface area contributed by atoms with Crippen molar-refractivity contribution < 1.29 is 4.79 Å². The summed E-state index contributed by atoms with van der Waals surface area (Å²) < 4.78 is 2.00. The van der Waals surface area contributed by atoms with E-state index in [1.807, 2.05) is 41.0 Å². The largest absolute Gasteiger partial charge is 0.298 e. The van der Waals surface area contributed by atoms with E-state index in [0.29, 0.717) is 17.9 Å². The third-order valence-corrected chi connectivity index (χ3v) is 5.43. The van der Waals surface area contributed by atoms with Crippen molar-refractivity contribution in [2.75, 3.05) is 5.75 Å². The molecule has 0 spiro atoms. The monoisotopic (exact) mass is 391 g/mol. The number of ketones is 1. The van der Waals surface area contributed by atoms with Crippen LogP contribution in [0.2, 0.25) is 0 Å². The molecule has 28 heavy (non-hydrogen) atoms. The van der Waals surface area contributed by atoms with Crippen molar-refractivity contribution in [2.45, 2.75) is 37.9 Å². The van der Waals surface area contributed by atoms with E-state index in [9.17, 15) is 4.79 Å². The predicted molar refractivity (Wildman–Crippen MR) is 116 cm³/mol. The lowest BCUT2D eigenvalue weighted by molar-refractivity contribution is 0.102. The van der Waals surface area contributed by atoms with Crippen LogP contribution in [0.5, 0.6) is 0 Å². The average molecular weight is 392 g/mol. The Balaban J connectivity index is 1.81. The van der Waals surface area contributed by atoms with Crippen LogP contribution in [-0.4, -0.2) is 26.3 Å². The first kappa shape index (κ1) is 20.1. The molecule has 0 aliphatic rings. The van der Waals surface area contributed by atoms with Gasteiger partial charge in [0.05, 0.1) is 5.75 Å². The molecule has 0 saturated carbocycles. The van der Waals surface area contributed by atoms with E-state index in [-0.39, 0.29) is 11.2 Å². The fraction of sp³-hybridized carbons (Fsp3) is 0.261. The molecular formula is C23H25N3OS. The molecule has 0 saturated heterocycles. The van der Waals surface area contributed by atoms with Crippen LogP contribution in [0.4, 0.5) is 0 Å². The molecule has 1 heterocycles. The van der Waals surface area contributed by atoms with E-state index in [4.69, 9.17) is 0 Å². The van der Waals surface area contributed by atoms with E-state index >= 15 is 0 Å². The van der Waals surface area contributed by atoms with Gasteiger partial charge in [0, 0.05) is 17.7 Å². The molecule has 4 nitrogen and oxygen atoms in total. The molecule has 2 aromatic carbocycles. The van der Waals surface area contributed by atoms with E-state index in [0.717, 1.165) is 16.5 Å². The summed E-state index contributed by atoms with van der Waals surface area (Å²) in [6.07, 6.45) is 1.82. The van der Waals surface area contributed by atoms with Gasteiger partial charge in [-0.05, 0) is 11.0 Å². The van der Waals surface area contributed by atoms with Crippen LogP contribution in [0.25, 0.3) is 11.4 Å². The molecule has 0 unspecified atom stereocenters. The van der Waals surface area contributed by atoms with Gasteiger partial charge in [-0.3, -0.25) is 9.36 Å². The Labute approximate surface area is 170 Å². The summed E-state index contributed by atoms with van der Waals surface area (Å²) in [7, 11) is 0. The van der Waals surface area contributed by atoms with Gasteiger partial charge in [-0.25, -0.2) is 0 Å². The third-order valence-electron chi connectivity index (χ3n) is 4.47. The first-order valence-electron chi connectivity index (χ1n) is 9.26. The number of carbonyl (C=O) groups is 1. The van der Waals surface area contributed by atoms with Crippen molar-refractivity contribution in [3.05, 3.63) is 78.4 Å². The number of thioether (sulfide) groups is 1. The fourth-order valence-corrected chi connectivity index (χ4v) is 3.70. The number of carbonyl (C=O) groups excluding carboxylic acids is 1. The minimum atomic E-state index is 0.0785. The summed E-state index contributed by atoms with van der Waals surface area (Å²) in [5, 5.41) is 9.43. The Morgan fingerprint density at radius 2 is 1.75 bits per heavy atom. The second-order valence-electron chi connectivity index (χ2n) is 7.61. The number of nitrogens with zero attached hydrogens (tertiary/aromatic N) is 3. The maximum atomic E-state index is 12.4. The molecule has 0 radical (unpaired) electrons. The van der Waals surface area contributed by atoms with Gasteiger partial charge in [0.15, 0.2) is 16.8 Å². The molecule has 0 aliphatic heterocycles. The maximum absolute atomic E-state index is 12.4. The van der Waals surface area contributed by atoms with Crippen LogP contribution in [0.1, 0.15) is 36.7 Å². The van der Waals surface area contributed by atoms with Gasteiger partial charge >= 0.3 is 0 Å². The molecule has 0 N–H and O–H groups in total. The molecule has 3 aromatic rings. The van der Waals surface area contributed by atoms with Gasteiger partial charge in [-0.2, -0.15) is 0 Å². The quantitative estimate of drug-likeness (QED) is 0.307. The molecule has 0 aliphatic carbocycles. The van der Waals surface area contributed by atoms with Crippen molar-refractivity contribution in [3.63, 3.8) is 0 Å². The number of Topliss-reactive ketones (excluding diaryl/α,β-unsaturated/α-hetero) is 1. The molecule has 0 amide bonds. The Kier molecular flexibility index (Phi) is 6.15. The summed E-state index contributed by atoms with van der Waals surface area (Å²) in [5.74, 6) is 1.19. The van der Waals surface area contributed by atoms with Crippen LogP contribution in [-0.2, 0) is 12.0 Å². The second-order valence-corrected chi connectivity index (χ2v) is 8.55. The minimum absolute atomic E-state index is 0.0785. The predicted octanol–water partition coefficient (Wildman–Crippen LogP) is 5.40. The number of benzene rings is 2. The Morgan fingerprint density at radius 1 is 1.07 bits per heavy atom. The molecule has 5 heteroatoms. The number of hydrogen-bond acceptors (Lipinski definition) is 4. The topological polar surface area (TPSA) is 47.8 Å². The van der Waals surface area contributed by atoms with Crippen molar-refractivity contribution in [2.24, 2.45) is 0 Å². The summed E-state index contributed by atoms with van der Waals surface area (Å²) >= 11 is 1.40. The number of hydrogen-bond donors (Lipinski definition) is 0. The van der Waals surface area contributed by atoms with Gasteiger partial charge in [0.2, 0.25) is 0 Å². The van der Waals surface area contributed by atoms with E-state index in [2.05, 4.69) is 61.8 Å². The van der Waals surface area contributed by atoms with E-state index in [1.54, 1.807) is 0 Å². The zero-order valence-electron chi connectivity index (χ0n) is 16.6. The number of allylic oxidation sites excluding steroid dienone is 1. The molecule has 1 aromatic heterocycles. The fourth-order valence-electron chi connectivity index (χ4n) is 2.86. The maximum Gasteiger partial charge on any atom is 0.192 e. The van der Waals surface area contributed by atoms with Crippen molar-refractivity contribution in [1.82, 2.24) is 14.8 Å². The molecule has 0 atom stereocenters. The molecule has 0 bridgehead atoms. The highest BCUT2D eigenvalue weighted by molar-refractivity contribution is 7.99. The highest BCUT2D eigenvalue weighted by Crippen LogP contribution is 2.28. The van der Waals surface area contributed by atoms with Crippen LogP contribution in [0, 0.1) is 0 Å². The van der Waals surface area contributed by atoms with Crippen molar-refractivity contribution in [3.8, 4) is 11.4 Å². The van der Waals surface area contributed by atoms with Gasteiger partial charge < -0.3 is 0 Å². The lowest BCUT2D eigenvalue weighted by atomic mass is 9.87. The summed E-state index contributed by atoms with van der Waals surface area (Å²) in [5.41, 5.74) is 3.09. The first-order chi connectivity index (χ1) is 13.4. The molecule has 144 valence electrons. The van der Waals surface area contributed by atoms with Crippen LogP contribution in [0.15, 0.2) is 72.4 Å². The molecular weight excluding hydrogens is 366 g/mol. The second kappa shape index (κ2) is 8.57. The lowest BCUT2D eigenvalue weighted by Gasteiger charge is -2.19. The minimum Gasteiger partial charge on any atom is -0.298 e. The van der Waals surface area contributed by atoms with E-state index < -0.39 is 0 Å². The first-order valence-corrected chi connectivity index (χ1v) is 10.2. The smallest absolute Gasteiger partial charge is 0.192 e. The van der Waals surface area contributed by atoms with Gasteiger partial charge in [-0.1, -0.05) is 93.2 Å². The van der Waals surface area contributed by atoms with Crippen LogP contribution >= 0.6 is 11.8 Å². The van der Waals surface area contributed by atoms with Crippen molar-refractivity contribution in [1.29, 1.82) is 0 Å². The zero-order chi connectivity index (χ0) is 20.1. The Morgan fingerprint density at radius 3 is 2.36 bits per heavy atom. The Hall–Kier alpha value is -2.66. The third kappa shape index (κ3) is 4.60. The highest BCUT2D eigenvalue weighted by Gasteiger charge is 2.17. The van der Waals surface area contributed by atoms with Gasteiger partial charge in [0.1, 0.15) is 0 Å². The van der Waals surface area contributed by atoms with Crippen molar-refractivity contribution >= 4 is 17.5 Å². The van der Waals surface area contributed by atoms with Crippen LogP contribution in [0.3, 0.4) is 0 Å². The summed E-state index contributed by atoms with van der Waals surface area (Å²) in [4.78, 5) is 12.4. The molecule has 3 rings (SSSR count).